The SMILES string of the molecule is CC(Oc1ccccc1C#N)C(=O)Nc1ccc(C(F)(F)F)cc1. The molecule has 7 heteroatoms. The molecule has 1 atom stereocenters. The maximum Gasteiger partial charge on any atom is 0.416 e. The van der Waals surface area contributed by atoms with Crippen LogP contribution in [0.3, 0.4) is 0 Å². The summed E-state index contributed by atoms with van der Waals surface area (Å²) in [6.07, 6.45) is -5.36. The third kappa shape index (κ3) is 4.26. The number of ether oxygens (including phenoxy) is 1. The number of alkyl halides is 3. The minimum atomic E-state index is -4.43. The molecule has 4 nitrogen and oxygen atoms in total. The summed E-state index contributed by atoms with van der Waals surface area (Å²) < 4.78 is 42.9. The summed E-state index contributed by atoms with van der Waals surface area (Å²) in [5.74, 6) is -0.280. The van der Waals surface area contributed by atoms with Gasteiger partial charge in [-0.15, -0.1) is 0 Å². The third-order valence-corrected chi connectivity index (χ3v) is 3.16. The molecule has 124 valence electrons. The van der Waals surface area contributed by atoms with Gasteiger partial charge in [0.2, 0.25) is 0 Å². The number of nitriles is 1. The van der Waals surface area contributed by atoms with Gasteiger partial charge in [0.25, 0.3) is 5.91 Å². The lowest BCUT2D eigenvalue weighted by Crippen LogP contribution is -2.30. The van der Waals surface area contributed by atoms with E-state index in [2.05, 4.69) is 5.32 Å². The Kier molecular flexibility index (Phi) is 5.09. The van der Waals surface area contributed by atoms with Crippen molar-refractivity contribution in [3.05, 3.63) is 59.7 Å². The summed E-state index contributed by atoms with van der Waals surface area (Å²) in [6.45, 7) is 1.48. The molecule has 1 unspecified atom stereocenters. The van der Waals surface area contributed by atoms with E-state index in [4.69, 9.17) is 10.00 Å². The Morgan fingerprint density at radius 3 is 2.38 bits per heavy atom. The van der Waals surface area contributed by atoms with E-state index >= 15 is 0 Å². The van der Waals surface area contributed by atoms with E-state index in [1.54, 1.807) is 24.3 Å². The molecular formula is C17H13F3N2O2. The first-order valence-electron chi connectivity index (χ1n) is 6.95. The van der Waals surface area contributed by atoms with Crippen molar-refractivity contribution >= 4 is 11.6 Å². The van der Waals surface area contributed by atoms with E-state index < -0.39 is 23.8 Å². The maximum atomic E-state index is 12.5. The third-order valence-electron chi connectivity index (χ3n) is 3.16. The van der Waals surface area contributed by atoms with Gasteiger partial charge in [-0.3, -0.25) is 4.79 Å². The summed E-state index contributed by atoms with van der Waals surface area (Å²) in [5, 5.41) is 11.4. The number of halogens is 3. The molecule has 0 aliphatic rings. The number of carbonyl (C=O) groups excluding carboxylic acids is 1. The van der Waals surface area contributed by atoms with E-state index in [1.807, 2.05) is 6.07 Å². The van der Waals surface area contributed by atoms with E-state index in [-0.39, 0.29) is 17.0 Å². The van der Waals surface area contributed by atoms with Gasteiger partial charge in [-0.05, 0) is 43.3 Å². The molecule has 0 fully saturated rings. The van der Waals surface area contributed by atoms with Crippen LogP contribution in [0.4, 0.5) is 18.9 Å². The standard InChI is InChI=1S/C17H13F3N2O2/c1-11(24-15-5-3-2-4-12(15)10-21)16(23)22-14-8-6-13(7-9-14)17(18,19)20/h2-9,11H,1H3,(H,22,23). The van der Waals surface area contributed by atoms with Crippen LogP contribution < -0.4 is 10.1 Å². The molecule has 0 heterocycles. The number of benzene rings is 2. The molecule has 0 aliphatic heterocycles. The van der Waals surface area contributed by atoms with Crippen LogP contribution in [0, 0.1) is 11.3 Å². The van der Waals surface area contributed by atoms with Crippen LogP contribution in [-0.2, 0) is 11.0 Å². The van der Waals surface area contributed by atoms with Crippen LogP contribution >= 0.6 is 0 Å². The Hall–Kier alpha value is -3.01. The molecular weight excluding hydrogens is 321 g/mol. The van der Waals surface area contributed by atoms with Gasteiger partial charge < -0.3 is 10.1 Å². The Morgan fingerprint density at radius 2 is 1.79 bits per heavy atom. The summed E-state index contributed by atoms with van der Waals surface area (Å²) in [5.41, 5.74) is -0.295. The highest BCUT2D eigenvalue weighted by molar-refractivity contribution is 5.94. The summed E-state index contributed by atoms with van der Waals surface area (Å²) in [4.78, 5) is 12.1. The van der Waals surface area contributed by atoms with Crippen molar-refractivity contribution in [2.45, 2.75) is 19.2 Å². The molecule has 2 rings (SSSR count). The van der Waals surface area contributed by atoms with Crippen molar-refractivity contribution < 1.29 is 22.7 Å². The summed E-state index contributed by atoms with van der Waals surface area (Å²) in [7, 11) is 0. The fourth-order valence-corrected chi connectivity index (χ4v) is 1.89. The van der Waals surface area contributed by atoms with E-state index in [0.717, 1.165) is 24.3 Å². The van der Waals surface area contributed by atoms with Crippen molar-refractivity contribution in [2.24, 2.45) is 0 Å². The van der Waals surface area contributed by atoms with Crippen molar-refractivity contribution in [3.8, 4) is 11.8 Å². The lowest BCUT2D eigenvalue weighted by atomic mass is 10.2. The quantitative estimate of drug-likeness (QED) is 0.920. The van der Waals surface area contributed by atoms with Crippen LogP contribution in [-0.4, -0.2) is 12.0 Å². The predicted molar refractivity (Wildman–Crippen MR) is 81.3 cm³/mol. The highest BCUT2D eigenvalue weighted by atomic mass is 19.4. The van der Waals surface area contributed by atoms with Gasteiger partial charge in [0.15, 0.2) is 6.10 Å². The Morgan fingerprint density at radius 1 is 1.17 bits per heavy atom. The van der Waals surface area contributed by atoms with Crippen LogP contribution in [0.5, 0.6) is 5.75 Å². The molecule has 0 bridgehead atoms. The Balaban J connectivity index is 2.03. The first-order chi connectivity index (χ1) is 11.3. The van der Waals surface area contributed by atoms with E-state index in [0.29, 0.717) is 0 Å². The number of anilines is 1. The second-order valence-electron chi connectivity index (χ2n) is 4.93. The number of amides is 1. The monoisotopic (exact) mass is 334 g/mol. The molecule has 0 radical (unpaired) electrons. The fraction of sp³-hybridized carbons (Fsp3) is 0.176. The van der Waals surface area contributed by atoms with Crippen LogP contribution in [0.2, 0.25) is 0 Å². The highest BCUT2D eigenvalue weighted by Gasteiger charge is 2.30. The van der Waals surface area contributed by atoms with Gasteiger partial charge in [-0.25, -0.2) is 0 Å². The van der Waals surface area contributed by atoms with Crippen molar-refractivity contribution in [3.63, 3.8) is 0 Å². The van der Waals surface area contributed by atoms with Gasteiger partial charge in [0.05, 0.1) is 11.1 Å². The van der Waals surface area contributed by atoms with E-state index in [9.17, 15) is 18.0 Å². The first-order valence-corrected chi connectivity index (χ1v) is 6.95. The second kappa shape index (κ2) is 7.04. The number of rotatable bonds is 4. The molecule has 2 aromatic rings. The molecule has 1 amide bonds. The zero-order valence-electron chi connectivity index (χ0n) is 12.6. The topological polar surface area (TPSA) is 62.1 Å². The molecule has 0 aromatic heterocycles. The zero-order valence-corrected chi connectivity index (χ0v) is 12.6. The highest BCUT2D eigenvalue weighted by Crippen LogP contribution is 2.29. The van der Waals surface area contributed by atoms with Crippen LogP contribution in [0.1, 0.15) is 18.1 Å². The Labute approximate surface area is 136 Å². The lowest BCUT2D eigenvalue weighted by Gasteiger charge is -2.16. The number of nitrogens with zero attached hydrogens (tertiary/aromatic N) is 1. The largest absolute Gasteiger partial charge is 0.480 e. The zero-order chi connectivity index (χ0) is 17.7. The molecule has 0 saturated heterocycles. The molecule has 0 saturated carbocycles. The van der Waals surface area contributed by atoms with Gasteiger partial charge in [-0.1, -0.05) is 12.1 Å². The maximum absolute atomic E-state index is 12.5. The number of carbonyl (C=O) groups is 1. The van der Waals surface area contributed by atoms with Gasteiger partial charge in [0.1, 0.15) is 11.8 Å². The van der Waals surface area contributed by atoms with E-state index in [1.165, 1.54) is 6.92 Å². The smallest absolute Gasteiger partial charge is 0.416 e. The first kappa shape index (κ1) is 17.3. The average molecular weight is 334 g/mol. The fourth-order valence-electron chi connectivity index (χ4n) is 1.89. The molecule has 0 spiro atoms. The molecule has 0 aliphatic carbocycles. The second-order valence-corrected chi connectivity index (χ2v) is 4.93. The molecule has 2 aromatic carbocycles. The summed E-state index contributed by atoms with van der Waals surface area (Å²) >= 11 is 0. The number of nitrogens with one attached hydrogen (secondary N) is 1. The molecule has 24 heavy (non-hydrogen) atoms. The molecule has 1 N–H and O–H groups in total. The minimum Gasteiger partial charge on any atom is -0.480 e. The number of hydrogen-bond donors (Lipinski definition) is 1. The normalized spacial score (nSPS) is 12.1. The van der Waals surface area contributed by atoms with Crippen LogP contribution in [0.25, 0.3) is 0 Å². The van der Waals surface area contributed by atoms with Crippen molar-refractivity contribution in [1.29, 1.82) is 5.26 Å². The summed E-state index contributed by atoms with van der Waals surface area (Å²) in [6, 6.07) is 12.5. The van der Waals surface area contributed by atoms with Gasteiger partial charge in [0, 0.05) is 5.69 Å². The lowest BCUT2D eigenvalue weighted by molar-refractivity contribution is -0.137. The Bertz CT molecular complexity index is 765. The minimum absolute atomic E-state index is 0.219. The van der Waals surface area contributed by atoms with Crippen molar-refractivity contribution in [2.75, 3.05) is 5.32 Å². The average Bonchev–Trinajstić information content (AvgIpc) is 2.55. The number of hydrogen-bond acceptors (Lipinski definition) is 3. The number of para-hydroxylation sites is 1. The van der Waals surface area contributed by atoms with Gasteiger partial charge in [-0.2, -0.15) is 18.4 Å². The van der Waals surface area contributed by atoms with Crippen molar-refractivity contribution in [1.82, 2.24) is 0 Å². The van der Waals surface area contributed by atoms with Gasteiger partial charge >= 0.3 is 6.18 Å². The van der Waals surface area contributed by atoms with Crippen LogP contribution in [0.15, 0.2) is 48.5 Å². The predicted octanol–water partition coefficient (Wildman–Crippen LogP) is 3.98.